The van der Waals surface area contributed by atoms with Crippen molar-refractivity contribution in [2.24, 2.45) is 0 Å². The van der Waals surface area contributed by atoms with E-state index >= 15 is 0 Å². The fourth-order valence-corrected chi connectivity index (χ4v) is 2.57. The molecule has 0 heterocycles. The van der Waals surface area contributed by atoms with Gasteiger partial charge in [-0.1, -0.05) is 49.7 Å². The summed E-state index contributed by atoms with van der Waals surface area (Å²) in [6.07, 6.45) is 1.08. The van der Waals surface area contributed by atoms with Gasteiger partial charge in [0.15, 0.2) is 0 Å². The summed E-state index contributed by atoms with van der Waals surface area (Å²) in [7, 11) is 0. The van der Waals surface area contributed by atoms with Crippen molar-refractivity contribution in [2.45, 2.75) is 32.1 Å². The Hall–Kier alpha value is -1.18. The molecule has 106 valence electrons. The molecule has 0 fully saturated rings. The van der Waals surface area contributed by atoms with Crippen molar-refractivity contribution >= 4 is 23.2 Å². The Kier molecular flexibility index (Phi) is 5.33. The van der Waals surface area contributed by atoms with E-state index in [2.05, 4.69) is 19.9 Å². The molecule has 0 bridgehead atoms. The van der Waals surface area contributed by atoms with E-state index in [4.69, 9.17) is 27.9 Å². The van der Waals surface area contributed by atoms with Crippen LogP contribution in [0.15, 0.2) is 42.5 Å². The third kappa shape index (κ3) is 3.47. The molecule has 0 aliphatic carbocycles. The molecule has 0 spiro atoms. The van der Waals surface area contributed by atoms with Gasteiger partial charge in [0, 0.05) is 10.9 Å². The molecule has 1 atom stereocenters. The summed E-state index contributed by atoms with van der Waals surface area (Å²) in [5.41, 5.74) is 2.13. The zero-order valence-corrected chi connectivity index (χ0v) is 13.2. The van der Waals surface area contributed by atoms with Crippen LogP contribution < -0.4 is 4.74 Å². The van der Waals surface area contributed by atoms with Gasteiger partial charge in [-0.25, -0.2) is 0 Å². The van der Waals surface area contributed by atoms with Crippen molar-refractivity contribution < 1.29 is 4.74 Å². The second kappa shape index (κ2) is 7.01. The molecule has 1 nitrogen and oxygen atoms in total. The van der Waals surface area contributed by atoms with Crippen LogP contribution in [0.3, 0.4) is 0 Å². The van der Waals surface area contributed by atoms with E-state index in [1.165, 1.54) is 5.56 Å². The number of hydrogen-bond donors (Lipinski definition) is 0. The Morgan fingerprint density at radius 2 is 1.90 bits per heavy atom. The Morgan fingerprint density at radius 1 is 1.15 bits per heavy atom. The van der Waals surface area contributed by atoms with Gasteiger partial charge in [-0.3, -0.25) is 0 Å². The maximum Gasteiger partial charge on any atom is 0.130 e. The zero-order valence-electron chi connectivity index (χ0n) is 11.7. The zero-order chi connectivity index (χ0) is 14.5. The number of ether oxygens (including phenoxy) is 1. The summed E-state index contributed by atoms with van der Waals surface area (Å²) in [5.74, 6) is 2.49. The highest BCUT2D eigenvalue weighted by Gasteiger charge is 2.11. The second-order valence-corrected chi connectivity index (χ2v) is 5.51. The Bertz CT molecular complexity index is 581. The van der Waals surface area contributed by atoms with Crippen molar-refractivity contribution in [1.29, 1.82) is 0 Å². The van der Waals surface area contributed by atoms with Gasteiger partial charge >= 0.3 is 0 Å². The lowest BCUT2D eigenvalue weighted by Gasteiger charge is -2.15. The minimum atomic E-state index is 0.405. The first-order chi connectivity index (χ1) is 9.65. The number of hydrogen-bond acceptors (Lipinski definition) is 1. The van der Waals surface area contributed by atoms with Gasteiger partial charge in [0.2, 0.25) is 0 Å². The topological polar surface area (TPSA) is 9.23 Å². The average Bonchev–Trinajstić information content (AvgIpc) is 2.47. The van der Waals surface area contributed by atoms with Gasteiger partial charge in [-0.05, 0) is 41.7 Å². The molecule has 0 N–H and O–H groups in total. The first kappa shape index (κ1) is 15.2. The predicted molar refractivity (Wildman–Crippen MR) is 86.2 cm³/mol. The highest BCUT2D eigenvalue weighted by Crippen LogP contribution is 2.33. The number of benzene rings is 2. The second-order valence-electron chi connectivity index (χ2n) is 4.84. The SMILES string of the molecule is CCC(C)c1ccccc1Oc1ccc(CCl)c(Cl)c1. The third-order valence-corrected chi connectivity index (χ3v) is 4.10. The molecule has 20 heavy (non-hydrogen) atoms. The van der Waals surface area contributed by atoms with E-state index in [1.807, 2.05) is 36.4 Å². The Balaban J connectivity index is 2.28. The third-order valence-electron chi connectivity index (χ3n) is 3.46. The van der Waals surface area contributed by atoms with E-state index in [-0.39, 0.29) is 0 Å². The minimum Gasteiger partial charge on any atom is -0.457 e. The van der Waals surface area contributed by atoms with E-state index in [9.17, 15) is 0 Å². The summed E-state index contributed by atoms with van der Waals surface area (Å²) in [4.78, 5) is 0. The molecular formula is C17H18Cl2O. The minimum absolute atomic E-state index is 0.405. The maximum atomic E-state index is 6.16. The molecule has 2 rings (SSSR count). The summed E-state index contributed by atoms with van der Waals surface area (Å²) in [6, 6.07) is 13.7. The molecule has 1 unspecified atom stereocenters. The van der Waals surface area contributed by atoms with Crippen LogP contribution in [-0.2, 0) is 5.88 Å². The van der Waals surface area contributed by atoms with Crippen molar-refractivity contribution in [3.05, 3.63) is 58.6 Å². The van der Waals surface area contributed by atoms with E-state index < -0.39 is 0 Å². The van der Waals surface area contributed by atoms with Crippen LogP contribution in [0.5, 0.6) is 11.5 Å². The van der Waals surface area contributed by atoms with Gasteiger partial charge in [-0.15, -0.1) is 11.6 Å². The molecule has 0 aliphatic heterocycles. The number of rotatable bonds is 5. The molecule has 2 aromatic rings. The molecule has 2 aromatic carbocycles. The monoisotopic (exact) mass is 308 g/mol. The number of alkyl halides is 1. The maximum absolute atomic E-state index is 6.16. The van der Waals surface area contributed by atoms with Crippen LogP contribution in [0.25, 0.3) is 0 Å². The standard InChI is InChI=1S/C17H18Cl2O/c1-3-12(2)15-6-4-5-7-17(15)20-14-9-8-13(11-18)16(19)10-14/h4-10,12H,3,11H2,1-2H3. The largest absolute Gasteiger partial charge is 0.457 e. The van der Waals surface area contributed by atoms with Crippen LogP contribution in [0.4, 0.5) is 0 Å². The van der Waals surface area contributed by atoms with Gasteiger partial charge in [0.05, 0.1) is 0 Å². The fraction of sp³-hybridized carbons (Fsp3) is 0.294. The van der Waals surface area contributed by atoms with Crippen LogP contribution in [-0.4, -0.2) is 0 Å². The highest BCUT2D eigenvalue weighted by molar-refractivity contribution is 6.32. The van der Waals surface area contributed by atoms with Crippen LogP contribution in [0.2, 0.25) is 5.02 Å². The summed E-state index contributed by atoms with van der Waals surface area (Å²) < 4.78 is 5.99. The molecule has 0 amide bonds. The first-order valence-corrected chi connectivity index (χ1v) is 7.68. The van der Waals surface area contributed by atoms with Crippen molar-refractivity contribution in [3.63, 3.8) is 0 Å². The van der Waals surface area contributed by atoms with E-state index in [1.54, 1.807) is 0 Å². The molecule has 0 aromatic heterocycles. The number of halogens is 2. The molecule has 3 heteroatoms. The lowest BCUT2D eigenvalue weighted by atomic mass is 9.98. The van der Waals surface area contributed by atoms with Gasteiger partial charge in [0.25, 0.3) is 0 Å². The molecule has 0 aliphatic rings. The number of para-hydroxylation sites is 1. The van der Waals surface area contributed by atoms with Crippen LogP contribution in [0, 0.1) is 0 Å². The summed E-state index contributed by atoms with van der Waals surface area (Å²) in [5, 5.41) is 0.638. The highest BCUT2D eigenvalue weighted by atomic mass is 35.5. The average molecular weight is 309 g/mol. The smallest absolute Gasteiger partial charge is 0.130 e. The lowest BCUT2D eigenvalue weighted by molar-refractivity contribution is 0.470. The van der Waals surface area contributed by atoms with Crippen LogP contribution >= 0.6 is 23.2 Å². The molecule has 0 saturated heterocycles. The van der Waals surface area contributed by atoms with E-state index in [0.717, 1.165) is 23.5 Å². The van der Waals surface area contributed by atoms with Gasteiger partial charge in [0.1, 0.15) is 11.5 Å². The molecular weight excluding hydrogens is 291 g/mol. The fourth-order valence-electron chi connectivity index (χ4n) is 2.03. The first-order valence-electron chi connectivity index (χ1n) is 6.76. The van der Waals surface area contributed by atoms with Crippen molar-refractivity contribution in [3.8, 4) is 11.5 Å². The van der Waals surface area contributed by atoms with Gasteiger partial charge in [-0.2, -0.15) is 0 Å². The quantitative estimate of drug-likeness (QED) is 0.582. The Labute approximate surface area is 130 Å². The van der Waals surface area contributed by atoms with E-state index in [0.29, 0.717) is 16.8 Å². The summed E-state index contributed by atoms with van der Waals surface area (Å²) >= 11 is 12.0. The molecule has 0 saturated carbocycles. The lowest BCUT2D eigenvalue weighted by Crippen LogP contribution is -1.96. The van der Waals surface area contributed by atoms with Crippen LogP contribution in [0.1, 0.15) is 37.3 Å². The molecule has 0 radical (unpaired) electrons. The van der Waals surface area contributed by atoms with Crippen molar-refractivity contribution in [1.82, 2.24) is 0 Å². The summed E-state index contributed by atoms with van der Waals surface area (Å²) in [6.45, 7) is 4.37. The predicted octanol–water partition coefficient (Wildman–Crippen LogP) is 6.38. The Morgan fingerprint density at radius 3 is 2.55 bits per heavy atom. The normalized spacial score (nSPS) is 12.2. The van der Waals surface area contributed by atoms with Crippen molar-refractivity contribution in [2.75, 3.05) is 0 Å². The van der Waals surface area contributed by atoms with Gasteiger partial charge < -0.3 is 4.74 Å².